The lowest BCUT2D eigenvalue weighted by atomic mass is 10.1. The molecule has 0 saturated carbocycles. The molecule has 0 radical (unpaired) electrons. The second kappa shape index (κ2) is 10.3. The molecule has 2 fully saturated rings. The van der Waals surface area contributed by atoms with Crippen LogP contribution in [0.5, 0.6) is 0 Å². The summed E-state index contributed by atoms with van der Waals surface area (Å²) in [4.78, 5) is 23.8. The highest BCUT2D eigenvalue weighted by atomic mass is 35.5. The molecule has 1 aromatic carbocycles. The van der Waals surface area contributed by atoms with Gasteiger partial charge in [0.05, 0.1) is 5.56 Å². The summed E-state index contributed by atoms with van der Waals surface area (Å²) in [7, 11) is -2.32. The van der Waals surface area contributed by atoms with E-state index < -0.39 is 10.0 Å². The predicted molar refractivity (Wildman–Crippen MR) is 143 cm³/mol. The van der Waals surface area contributed by atoms with Crippen molar-refractivity contribution in [3.05, 3.63) is 64.9 Å². The molecule has 37 heavy (non-hydrogen) atoms. The maximum atomic E-state index is 13.6. The summed E-state index contributed by atoms with van der Waals surface area (Å²) in [6.07, 6.45) is 3.25. The summed E-state index contributed by atoms with van der Waals surface area (Å²) in [6, 6.07) is 11.5. The van der Waals surface area contributed by atoms with Gasteiger partial charge in [0.25, 0.3) is 15.9 Å². The largest absolute Gasteiger partial charge is 0.369 e. The normalized spacial score (nSPS) is 17.3. The molecule has 196 valence electrons. The Kier molecular flexibility index (Phi) is 7.11. The highest BCUT2D eigenvalue weighted by Gasteiger charge is 2.36. The van der Waals surface area contributed by atoms with Crippen LogP contribution in [0.15, 0.2) is 53.8 Å². The van der Waals surface area contributed by atoms with Gasteiger partial charge in [-0.05, 0) is 36.8 Å². The fourth-order valence-corrected chi connectivity index (χ4v) is 6.57. The summed E-state index contributed by atoms with van der Waals surface area (Å²) in [6.45, 7) is 5.83. The van der Waals surface area contributed by atoms with Crippen LogP contribution in [0.4, 0.5) is 11.5 Å². The van der Waals surface area contributed by atoms with Crippen molar-refractivity contribution in [1.82, 2.24) is 24.0 Å². The molecule has 10 nitrogen and oxygen atoms in total. The zero-order chi connectivity index (χ0) is 26.2. The summed E-state index contributed by atoms with van der Waals surface area (Å²) < 4.78 is 30.1. The number of aromatic nitrogens is 3. The fourth-order valence-electron chi connectivity index (χ4n) is 4.87. The maximum absolute atomic E-state index is 13.6. The van der Waals surface area contributed by atoms with Gasteiger partial charge in [0.1, 0.15) is 5.82 Å². The van der Waals surface area contributed by atoms with Crippen molar-refractivity contribution >= 4 is 39.0 Å². The minimum absolute atomic E-state index is 0.113. The number of halogens is 1. The van der Waals surface area contributed by atoms with Gasteiger partial charge in [-0.25, -0.2) is 13.4 Å². The van der Waals surface area contributed by atoms with Crippen LogP contribution in [0.2, 0.25) is 5.02 Å². The number of amides is 1. The van der Waals surface area contributed by atoms with Gasteiger partial charge in [0.2, 0.25) is 5.03 Å². The molecule has 2 aromatic heterocycles. The Balaban J connectivity index is 1.29. The number of nitrogens with zero attached hydrogens (tertiary/aromatic N) is 7. The number of hydrogen-bond donors (Lipinski definition) is 0. The van der Waals surface area contributed by atoms with Gasteiger partial charge < -0.3 is 14.7 Å². The Bertz CT molecular complexity index is 1380. The number of carbonyl (C=O) groups is 1. The van der Waals surface area contributed by atoms with E-state index in [0.29, 0.717) is 57.4 Å². The number of benzene rings is 1. The van der Waals surface area contributed by atoms with Crippen LogP contribution in [0.1, 0.15) is 15.9 Å². The molecule has 12 heteroatoms. The van der Waals surface area contributed by atoms with Crippen LogP contribution in [0, 0.1) is 6.92 Å². The van der Waals surface area contributed by atoms with Crippen molar-refractivity contribution in [2.45, 2.75) is 11.9 Å². The number of pyridine rings is 1. The molecule has 0 aliphatic carbocycles. The molecule has 2 aliphatic heterocycles. The molecule has 3 aromatic rings. The van der Waals surface area contributed by atoms with Gasteiger partial charge in [0, 0.05) is 82.5 Å². The van der Waals surface area contributed by atoms with E-state index in [0.717, 1.165) is 17.1 Å². The van der Waals surface area contributed by atoms with E-state index >= 15 is 0 Å². The zero-order valence-corrected chi connectivity index (χ0v) is 22.5. The minimum atomic E-state index is -3.95. The van der Waals surface area contributed by atoms with Crippen molar-refractivity contribution in [3.8, 4) is 0 Å². The topological polar surface area (TPSA) is 94.9 Å². The van der Waals surface area contributed by atoms with Crippen molar-refractivity contribution in [3.63, 3.8) is 0 Å². The molecule has 0 bridgehead atoms. The molecule has 1 amide bonds. The Morgan fingerprint density at radius 1 is 0.946 bits per heavy atom. The van der Waals surface area contributed by atoms with Crippen LogP contribution in [-0.2, 0) is 17.1 Å². The standard InChI is InChI=1S/C25H30ClN7O3S/c1-19-6-7-20(26)17-22(19)30-13-15-33(16-14-30)37(35,36)24-21(18-29(2)28-24)25(34)32-11-9-31(10-12-32)23-5-3-4-8-27-23/h3-8,17-18H,9-16H2,1-2H3. The first kappa shape index (κ1) is 25.5. The number of piperazine rings is 2. The molecule has 0 unspecified atom stereocenters. The van der Waals surface area contributed by atoms with Crippen LogP contribution < -0.4 is 9.80 Å². The lowest BCUT2D eigenvalue weighted by Gasteiger charge is -2.36. The first-order valence-electron chi connectivity index (χ1n) is 12.2. The third-order valence-electron chi connectivity index (χ3n) is 6.90. The minimum Gasteiger partial charge on any atom is -0.369 e. The molecule has 0 spiro atoms. The number of anilines is 2. The van der Waals surface area contributed by atoms with E-state index in [1.165, 1.54) is 15.2 Å². The first-order chi connectivity index (χ1) is 17.7. The second-order valence-corrected chi connectivity index (χ2v) is 11.6. The second-order valence-electron chi connectivity index (χ2n) is 9.31. The van der Waals surface area contributed by atoms with Crippen LogP contribution in [0.25, 0.3) is 0 Å². The van der Waals surface area contributed by atoms with E-state index in [-0.39, 0.29) is 16.5 Å². The fraction of sp³-hybridized carbons (Fsp3) is 0.400. The molecular weight excluding hydrogens is 514 g/mol. The van der Waals surface area contributed by atoms with Gasteiger partial charge in [0.15, 0.2) is 0 Å². The summed E-state index contributed by atoms with van der Waals surface area (Å²) in [5.41, 5.74) is 2.20. The van der Waals surface area contributed by atoms with Gasteiger partial charge in [-0.3, -0.25) is 9.48 Å². The number of carbonyl (C=O) groups excluding carboxylic acids is 1. The van der Waals surface area contributed by atoms with E-state index in [1.54, 1.807) is 18.1 Å². The smallest absolute Gasteiger partial charge is 0.263 e. The van der Waals surface area contributed by atoms with E-state index in [4.69, 9.17) is 11.6 Å². The Labute approximate surface area is 222 Å². The Hall–Kier alpha value is -3.15. The molecule has 4 heterocycles. The van der Waals surface area contributed by atoms with Gasteiger partial charge in [-0.1, -0.05) is 23.7 Å². The third-order valence-corrected chi connectivity index (χ3v) is 8.97. The SMILES string of the molecule is Cc1ccc(Cl)cc1N1CCN(S(=O)(=O)c2nn(C)cc2C(=O)N2CCN(c3ccccn3)CC2)CC1. The van der Waals surface area contributed by atoms with Crippen molar-refractivity contribution in [1.29, 1.82) is 0 Å². The van der Waals surface area contributed by atoms with Gasteiger partial charge >= 0.3 is 0 Å². The van der Waals surface area contributed by atoms with Gasteiger partial charge in [-0.2, -0.15) is 9.40 Å². The number of rotatable bonds is 5. The molecule has 0 atom stereocenters. The zero-order valence-electron chi connectivity index (χ0n) is 20.9. The average Bonchev–Trinajstić information content (AvgIpc) is 3.33. The summed E-state index contributed by atoms with van der Waals surface area (Å²) >= 11 is 6.18. The number of sulfonamides is 1. The molecule has 5 rings (SSSR count). The first-order valence-corrected chi connectivity index (χ1v) is 14.1. The number of hydrogen-bond acceptors (Lipinski definition) is 7. The quantitative estimate of drug-likeness (QED) is 0.487. The monoisotopic (exact) mass is 543 g/mol. The van der Waals surface area contributed by atoms with Crippen LogP contribution >= 0.6 is 11.6 Å². The average molecular weight is 544 g/mol. The lowest BCUT2D eigenvalue weighted by Crippen LogP contribution is -2.50. The Morgan fingerprint density at radius 2 is 1.65 bits per heavy atom. The molecule has 2 aliphatic rings. The van der Waals surface area contributed by atoms with Crippen molar-refractivity contribution < 1.29 is 13.2 Å². The lowest BCUT2D eigenvalue weighted by molar-refractivity contribution is 0.0742. The summed E-state index contributed by atoms with van der Waals surface area (Å²) in [5.74, 6) is 0.548. The predicted octanol–water partition coefficient (Wildman–Crippen LogP) is 2.25. The van der Waals surface area contributed by atoms with E-state index in [1.807, 2.05) is 43.3 Å². The Morgan fingerprint density at radius 3 is 2.32 bits per heavy atom. The van der Waals surface area contributed by atoms with Crippen LogP contribution in [0.3, 0.4) is 0 Å². The third kappa shape index (κ3) is 5.16. The maximum Gasteiger partial charge on any atom is 0.263 e. The highest BCUT2D eigenvalue weighted by Crippen LogP contribution is 2.27. The number of aryl methyl sites for hydroxylation is 2. The van der Waals surface area contributed by atoms with E-state index in [2.05, 4.69) is 19.9 Å². The van der Waals surface area contributed by atoms with Crippen LogP contribution in [-0.4, -0.2) is 90.7 Å². The van der Waals surface area contributed by atoms with Crippen molar-refractivity contribution in [2.24, 2.45) is 7.05 Å². The molecular formula is C25H30ClN7O3S. The van der Waals surface area contributed by atoms with Crippen molar-refractivity contribution in [2.75, 3.05) is 62.2 Å². The van der Waals surface area contributed by atoms with E-state index in [9.17, 15) is 13.2 Å². The molecule has 0 N–H and O–H groups in total. The van der Waals surface area contributed by atoms with Gasteiger partial charge in [-0.15, -0.1) is 0 Å². The summed E-state index contributed by atoms with van der Waals surface area (Å²) in [5, 5.41) is 4.69. The molecule has 2 saturated heterocycles. The highest BCUT2D eigenvalue weighted by molar-refractivity contribution is 7.89.